The molecule has 204 valence electrons. The summed E-state index contributed by atoms with van der Waals surface area (Å²) in [5, 5.41) is 4.68. The lowest BCUT2D eigenvalue weighted by atomic mass is 10.2. The molecule has 1 atom stereocenters. The van der Waals surface area contributed by atoms with Crippen molar-refractivity contribution >= 4 is 31.2 Å². The molecule has 1 aromatic carbocycles. The van der Waals surface area contributed by atoms with Gasteiger partial charge < -0.3 is 23.7 Å². The van der Waals surface area contributed by atoms with E-state index in [-0.39, 0.29) is 30.2 Å². The monoisotopic (exact) mass is 536 g/mol. The Bertz CT molecular complexity index is 1190. The van der Waals surface area contributed by atoms with Crippen molar-refractivity contribution in [1.29, 1.82) is 0 Å². The second-order valence-electron chi connectivity index (χ2n) is 11.5. The van der Waals surface area contributed by atoms with Crippen molar-refractivity contribution in [3.63, 3.8) is 0 Å². The van der Waals surface area contributed by atoms with E-state index in [0.717, 1.165) is 4.68 Å². The molecule has 0 amide bonds. The fourth-order valence-corrected chi connectivity index (χ4v) is 3.31. The molecule has 0 aliphatic carbocycles. The zero-order chi connectivity index (χ0) is 28.2. The summed E-state index contributed by atoms with van der Waals surface area (Å²) in [6.07, 6.45) is -2.27. The lowest BCUT2D eigenvalue weighted by Crippen LogP contribution is -2.30. The Balaban J connectivity index is 2.34. The van der Waals surface area contributed by atoms with E-state index in [1.165, 1.54) is 19.2 Å². The molecule has 0 saturated carbocycles. The first-order valence-electron chi connectivity index (χ1n) is 11.9. The maximum atomic E-state index is 15.0. The Morgan fingerprint density at radius 2 is 1.68 bits per heavy atom. The Morgan fingerprint density at radius 3 is 2.22 bits per heavy atom. The summed E-state index contributed by atoms with van der Waals surface area (Å²) in [5.74, 6) is 2.19. The summed E-state index contributed by atoms with van der Waals surface area (Å²) in [7, 11) is -0.361. The van der Waals surface area contributed by atoms with Crippen LogP contribution in [0, 0.1) is 17.3 Å². The number of halogens is 1. The van der Waals surface area contributed by atoms with Gasteiger partial charge in [-0.05, 0) is 47.6 Å². The van der Waals surface area contributed by atoms with Gasteiger partial charge in [-0.25, -0.2) is 14.0 Å². The minimum atomic E-state index is -1.77. The molecular weight excluding hydrogens is 499 g/mol. The molecular formula is C26H37FN2O7Si. The number of methoxy groups -OCH3 is 1. The topological polar surface area (TPSA) is 98.1 Å². The summed E-state index contributed by atoms with van der Waals surface area (Å²) in [6, 6.07) is 2.59. The van der Waals surface area contributed by atoms with Gasteiger partial charge >= 0.3 is 12.2 Å². The van der Waals surface area contributed by atoms with Crippen molar-refractivity contribution in [1.82, 2.24) is 9.78 Å². The highest BCUT2D eigenvalue weighted by Gasteiger charge is 2.24. The quantitative estimate of drug-likeness (QED) is 0.270. The molecule has 37 heavy (non-hydrogen) atoms. The van der Waals surface area contributed by atoms with E-state index in [9.17, 15) is 9.59 Å². The fraction of sp³-hybridized carbons (Fsp3) is 0.577. The molecule has 0 saturated heterocycles. The van der Waals surface area contributed by atoms with Crippen molar-refractivity contribution in [2.45, 2.75) is 78.5 Å². The van der Waals surface area contributed by atoms with Gasteiger partial charge in [0.15, 0.2) is 11.6 Å². The number of hydrogen-bond acceptors (Lipinski definition) is 8. The van der Waals surface area contributed by atoms with E-state index in [4.69, 9.17) is 23.7 Å². The molecule has 0 spiro atoms. The minimum Gasteiger partial charge on any atom is -0.488 e. The van der Waals surface area contributed by atoms with Gasteiger partial charge in [-0.1, -0.05) is 25.6 Å². The normalized spacial score (nSPS) is 12.9. The SMILES string of the molecule is COC(COC(=O)OC(C)(C)C)COc1cc2c(cc1F)c(C#C[Si](C)(C)C)nn2C(=O)OC(C)(C)C. The first kappa shape index (κ1) is 30.1. The fourth-order valence-electron chi connectivity index (χ4n) is 2.82. The van der Waals surface area contributed by atoms with Crippen LogP contribution in [0.2, 0.25) is 19.6 Å². The van der Waals surface area contributed by atoms with Gasteiger partial charge in [0, 0.05) is 18.6 Å². The van der Waals surface area contributed by atoms with Crippen LogP contribution in [0.1, 0.15) is 47.2 Å². The van der Waals surface area contributed by atoms with Gasteiger partial charge in [-0.15, -0.1) is 5.54 Å². The van der Waals surface area contributed by atoms with Crippen LogP contribution in [0.4, 0.5) is 14.0 Å². The zero-order valence-corrected chi connectivity index (χ0v) is 24.3. The third-order valence-electron chi connectivity index (χ3n) is 4.39. The number of rotatable bonds is 6. The maximum Gasteiger partial charge on any atom is 0.508 e. The van der Waals surface area contributed by atoms with Crippen LogP contribution in [0.15, 0.2) is 12.1 Å². The van der Waals surface area contributed by atoms with Crippen molar-refractivity contribution in [3.8, 4) is 17.2 Å². The highest BCUT2D eigenvalue weighted by Crippen LogP contribution is 2.28. The third-order valence-corrected chi connectivity index (χ3v) is 5.27. The molecule has 0 fully saturated rings. The van der Waals surface area contributed by atoms with Crippen LogP contribution < -0.4 is 4.74 Å². The number of hydrogen-bond donors (Lipinski definition) is 0. The van der Waals surface area contributed by atoms with Gasteiger partial charge in [-0.3, -0.25) is 0 Å². The zero-order valence-electron chi connectivity index (χ0n) is 23.3. The lowest BCUT2D eigenvalue weighted by molar-refractivity contribution is -0.0407. The average Bonchev–Trinajstić information content (AvgIpc) is 3.07. The van der Waals surface area contributed by atoms with Gasteiger partial charge in [0.05, 0.1) is 5.52 Å². The molecule has 2 aromatic rings. The molecule has 9 nitrogen and oxygen atoms in total. The van der Waals surface area contributed by atoms with Crippen molar-refractivity contribution in [3.05, 3.63) is 23.6 Å². The first-order valence-corrected chi connectivity index (χ1v) is 15.4. The van der Waals surface area contributed by atoms with Crippen molar-refractivity contribution in [2.75, 3.05) is 20.3 Å². The Morgan fingerprint density at radius 1 is 1.05 bits per heavy atom. The minimum absolute atomic E-state index is 0.134. The van der Waals surface area contributed by atoms with Gasteiger partial charge in [-0.2, -0.15) is 9.78 Å². The summed E-state index contributed by atoms with van der Waals surface area (Å²) >= 11 is 0. The third kappa shape index (κ3) is 9.70. The van der Waals surface area contributed by atoms with Crippen molar-refractivity contribution < 1.29 is 37.7 Å². The molecule has 1 aromatic heterocycles. The molecule has 11 heteroatoms. The number of carbonyl (C=O) groups is 2. The van der Waals surface area contributed by atoms with E-state index in [0.29, 0.717) is 5.39 Å². The molecule has 2 rings (SSSR count). The van der Waals surface area contributed by atoms with Gasteiger partial charge in [0.1, 0.15) is 44.3 Å². The van der Waals surface area contributed by atoms with Crippen molar-refractivity contribution in [2.24, 2.45) is 0 Å². The van der Waals surface area contributed by atoms with Crippen LogP contribution in [0.25, 0.3) is 10.9 Å². The highest BCUT2D eigenvalue weighted by molar-refractivity contribution is 6.83. The number of aromatic nitrogens is 2. The lowest BCUT2D eigenvalue weighted by Gasteiger charge is -2.21. The van der Waals surface area contributed by atoms with Gasteiger partial charge in [0.25, 0.3) is 0 Å². The van der Waals surface area contributed by atoms with Gasteiger partial charge in [0.2, 0.25) is 0 Å². The van der Waals surface area contributed by atoms with Crippen LogP contribution in [0.3, 0.4) is 0 Å². The predicted octanol–water partition coefficient (Wildman–Crippen LogP) is 5.53. The first-order chi connectivity index (χ1) is 16.9. The van der Waals surface area contributed by atoms with Crippen LogP contribution in [0.5, 0.6) is 5.75 Å². The molecule has 0 N–H and O–H groups in total. The highest BCUT2D eigenvalue weighted by atomic mass is 28.3. The second-order valence-corrected chi connectivity index (χ2v) is 16.2. The van der Waals surface area contributed by atoms with E-state index in [1.54, 1.807) is 41.5 Å². The standard InChI is InChI=1S/C26H37FN2O7Si/c1-25(2,3)35-23(30)29-21-14-22(19(27)13-18(21)20(28-29)11-12-37(8,9)10)33-15-17(32-7)16-34-24(31)36-26(4,5)6/h13-14,17H,15-16H2,1-10H3. The Hall–Kier alpha value is -3.10. The number of carbonyl (C=O) groups excluding carboxylic acids is 2. The molecule has 1 unspecified atom stereocenters. The molecule has 0 bridgehead atoms. The smallest absolute Gasteiger partial charge is 0.488 e. The Labute approximate surface area is 218 Å². The number of nitrogens with zero attached hydrogens (tertiary/aromatic N) is 2. The Kier molecular flexibility index (Phi) is 9.38. The second kappa shape index (κ2) is 11.5. The molecule has 1 heterocycles. The number of fused-ring (bicyclic) bond motifs is 1. The number of benzene rings is 1. The summed E-state index contributed by atoms with van der Waals surface area (Å²) in [6.45, 7) is 16.3. The summed E-state index contributed by atoms with van der Waals surface area (Å²) in [5.41, 5.74) is 2.27. The molecule has 0 radical (unpaired) electrons. The van der Waals surface area contributed by atoms with Crippen LogP contribution in [-0.4, -0.2) is 67.7 Å². The van der Waals surface area contributed by atoms with E-state index in [1.807, 2.05) is 0 Å². The van der Waals surface area contributed by atoms with Crippen LogP contribution in [-0.2, 0) is 18.9 Å². The largest absolute Gasteiger partial charge is 0.508 e. The molecule has 0 aliphatic heterocycles. The van der Waals surface area contributed by atoms with E-state index >= 15 is 4.39 Å². The average molecular weight is 537 g/mol. The molecule has 0 aliphatic rings. The summed E-state index contributed by atoms with van der Waals surface area (Å²) < 4.78 is 42.7. The maximum absolute atomic E-state index is 15.0. The summed E-state index contributed by atoms with van der Waals surface area (Å²) in [4.78, 5) is 24.7. The number of ether oxygens (including phenoxy) is 5. The van der Waals surface area contributed by atoms with Crippen LogP contribution >= 0.6 is 0 Å². The predicted molar refractivity (Wildman–Crippen MR) is 140 cm³/mol. The van der Waals surface area contributed by atoms with E-state index < -0.39 is 43.4 Å². The van der Waals surface area contributed by atoms with E-state index in [2.05, 4.69) is 36.2 Å².